The fraction of sp³-hybridized carbons (Fsp3) is 0.741. The molecular formula is C27H47N3O8P2Si. The molecule has 11 nitrogen and oxygen atoms in total. The minimum absolute atomic E-state index is 0.0540. The maximum absolute atomic E-state index is 12.6. The molecule has 0 aliphatic carbocycles. The highest BCUT2D eigenvalue weighted by Gasteiger charge is 2.47. The average molecular weight is 632 g/mol. The number of nitrogens with zero attached hydrogens (tertiary/aromatic N) is 3. The van der Waals surface area contributed by atoms with Crippen molar-refractivity contribution >= 4 is 28.6 Å². The topological polar surface area (TPSA) is 157 Å². The Kier molecular flexibility index (Phi) is 12.5. The van der Waals surface area contributed by atoms with Crippen LogP contribution in [-0.4, -0.2) is 95.3 Å². The van der Waals surface area contributed by atoms with Crippen LogP contribution in [0.2, 0.25) is 18.1 Å². The number of esters is 1. The number of aliphatic hydroxyl groups is 1. The number of carbonyl (C=O) groups excluding carboxylic acids is 1. The van der Waals surface area contributed by atoms with E-state index < -0.39 is 46.7 Å². The third-order valence-electron chi connectivity index (χ3n) is 7.79. The normalized spacial score (nSPS) is 27.0. The molecule has 14 heteroatoms. The Morgan fingerprint density at radius 2 is 1.59 bits per heavy atom. The van der Waals surface area contributed by atoms with Gasteiger partial charge in [-0.15, -0.1) is 0 Å². The molecule has 0 radical (unpaired) electrons. The summed E-state index contributed by atoms with van der Waals surface area (Å²) in [5.74, 6) is -1.13. The van der Waals surface area contributed by atoms with Gasteiger partial charge in [-0.1, -0.05) is 44.1 Å². The Hall–Kier alpha value is -1.48. The van der Waals surface area contributed by atoms with Gasteiger partial charge >= 0.3 is 5.97 Å². The summed E-state index contributed by atoms with van der Waals surface area (Å²) in [5, 5.41) is 12.5. The predicted molar refractivity (Wildman–Crippen MR) is 164 cm³/mol. The van der Waals surface area contributed by atoms with Crippen molar-refractivity contribution in [3.63, 3.8) is 0 Å². The van der Waals surface area contributed by atoms with E-state index in [9.17, 15) is 13.9 Å². The molecule has 2 aliphatic rings. The Morgan fingerprint density at radius 3 is 2.07 bits per heavy atom. The molecule has 0 unspecified atom stereocenters. The van der Waals surface area contributed by atoms with Crippen LogP contribution in [0.5, 0.6) is 0 Å². The number of ether oxygens (including phenoxy) is 3. The third-order valence-corrected chi connectivity index (χ3v) is 15.7. The highest BCUT2D eigenvalue weighted by atomic mass is 31.2. The molecule has 1 aromatic carbocycles. The van der Waals surface area contributed by atoms with Gasteiger partial charge in [-0.3, -0.25) is 0 Å². The van der Waals surface area contributed by atoms with Crippen LogP contribution in [0.1, 0.15) is 44.0 Å². The molecule has 0 aromatic heterocycles. The van der Waals surface area contributed by atoms with Crippen molar-refractivity contribution in [2.75, 3.05) is 39.9 Å². The second kappa shape index (κ2) is 14.3. The van der Waals surface area contributed by atoms with Crippen molar-refractivity contribution in [1.82, 2.24) is 0 Å². The molecule has 0 bridgehead atoms. The third kappa shape index (κ3) is 10.3. The number of hydrogen-bond acceptors (Lipinski definition) is 9. The number of azide groups is 1. The second-order valence-corrected chi connectivity index (χ2v) is 24.6. The Labute approximate surface area is 245 Å². The van der Waals surface area contributed by atoms with Gasteiger partial charge in [0.05, 0.1) is 30.4 Å². The van der Waals surface area contributed by atoms with Crippen molar-refractivity contribution < 1.29 is 37.7 Å². The van der Waals surface area contributed by atoms with Gasteiger partial charge < -0.3 is 32.9 Å². The van der Waals surface area contributed by atoms with Crippen molar-refractivity contribution in [3.8, 4) is 0 Å². The summed E-state index contributed by atoms with van der Waals surface area (Å²) in [7, 11) is -6.80. The lowest BCUT2D eigenvalue weighted by atomic mass is 10.2. The van der Waals surface area contributed by atoms with Gasteiger partial charge in [0, 0.05) is 11.3 Å². The number of benzene rings is 1. The maximum Gasteiger partial charge on any atom is 0.338 e. The maximum atomic E-state index is 12.6. The zero-order valence-electron chi connectivity index (χ0n) is 25.7. The second-order valence-electron chi connectivity index (χ2n) is 12.9. The highest BCUT2D eigenvalue weighted by Crippen LogP contribution is 2.51. The molecule has 0 amide bonds. The monoisotopic (exact) mass is 631 g/mol. The van der Waals surface area contributed by atoms with Crippen LogP contribution in [-0.2, 0) is 27.8 Å². The first-order chi connectivity index (χ1) is 18.8. The van der Waals surface area contributed by atoms with Crippen LogP contribution in [0, 0.1) is 0 Å². The number of carbonyl (C=O) groups is 1. The van der Waals surface area contributed by atoms with Crippen LogP contribution >= 0.6 is 14.3 Å². The molecule has 2 heterocycles. The molecule has 3 rings (SSSR count). The van der Waals surface area contributed by atoms with Crippen LogP contribution in [0.3, 0.4) is 0 Å². The van der Waals surface area contributed by atoms with E-state index in [2.05, 4.69) is 43.9 Å². The van der Waals surface area contributed by atoms with Crippen molar-refractivity contribution in [1.29, 1.82) is 0 Å². The van der Waals surface area contributed by atoms with Gasteiger partial charge in [-0.05, 0) is 68.9 Å². The fourth-order valence-electron chi connectivity index (χ4n) is 4.20. The summed E-state index contributed by atoms with van der Waals surface area (Å²) in [6.45, 7) is 17.5. The Morgan fingerprint density at radius 1 is 1.05 bits per heavy atom. The van der Waals surface area contributed by atoms with Crippen molar-refractivity contribution in [3.05, 3.63) is 46.3 Å². The van der Waals surface area contributed by atoms with E-state index in [1.165, 1.54) is 0 Å². The molecule has 0 saturated carbocycles. The quantitative estimate of drug-likeness (QED) is 0.0823. The molecule has 41 heavy (non-hydrogen) atoms. The Bertz CT molecular complexity index is 1160. The van der Waals surface area contributed by atoms with Gasteiger partial charge in [0.2, 0.25) is 0 Å². The molecular weight excluding hydrogens is 584 g/mol. The number of hydrogen-bond donors (Lipinski definition) is 1. The molecule has 6 atom stereocenters. The molecule has 2 fully saturated rings. The molecule has 1 N–H and O–H groups in total. The van der Waals surface area contributed by atoms with Gasteiger partial charge in [-0.2, -0.15) is 0 Å². The molecule has 2 aliphatic heterocycles. The largest absolute Gasteiger partial charge is 0.459 e. The lowest BCUT2D eigenvalue weighted by Gasteiger charge is -2.39. The summed E-state index contributed by atoms with van der Waals surface area (Å²) in [6, 6.07) is 8.49. The standard InChI is InChI=1S/C20H33O5PSi.C7H14N3O3P/c1-20(2,3)27(6,7)25-16-13-18(26(4,5)22)24-17(16)14-23-19(21)15-11-9-8-10-12-15;1-14(2,12)7-3-5(9-10-8)6(4-11)13-7/h8-12,16-18H,13-14H2,1-7H3;5-7,11H,3-4H2,1-2H3/t16-,17+,18-;5-,6-,7+/m01/s1. The van der Waals surface area contributed by atoms with Gasteiger partial charge in [0.1, 0.15) is 38.7 Å². The molecule has 1 aromatic rings. The van der Waals surface area contributed by atoms with Crippen LogP contribution in [0.25, 0.3) is 10.4 Å². The molecule has 0 spiro atoms. The number of rotatable bonds is 9. The van der Waals surface area contributed by atoms with Crippen LogP contribution in [0.15, 0.2) is 35.4 Å². The van der Waals surface area contributed by atoms with E-state index in [0.29, 0.717) is 18.4 Å². The zero-order chi connectivity index (χ0) is 31.2. The number of aliphatic hydroxyl groups excluding tert-OH is 1. The van der Waals surface area contributed by atoms with Crippen LogP contribution in [0.4, 0.5) is 0 Å². The van der Waals surface area contributed by atoms with E-state index in [1.807, 2.05) is 6.07 Å². The lowest BCUT2D eigenvalue weighted by molar-refractivity contribution is -0.0175. The van der Waals surface area contributed by atoms with E-state index in [-0.39, 0.29) is 36.2 Å². The molecule has 2 saturated heterocycles. The zero-order valence-corrected chi connectivity index (χ0v) is 28.5. The van der Waals surface area contributed by atoms with E-state index in [1.54, 1.807) is 50.9 Å². The first-order valence-electron chi connectivity index (χ1n) is 13.8. The summed E-state index contributed by atoms with van der Waals surface area (Å²) in [5.41, 5.74) is 8.79. The molecule has 232 valence electrons. The lowest BCUT2D eigenvalue weighted by Crippen LogP contribution is -2.46. The summed E-state index contributed by atoms with van der Waals surface area (Å²) in [4.78, 5) is 14.9. The Balaban J connectivity index is 0.000000353. The van der Waals surface area contributed by atoms with Gasteiger partial charge in [0.15, 0.2) is 8.32 Å². The van der Waals surface area contributed by atoms with Gasteiger partial charge in [0.25, 0.3) is 0 Å². The first-order valence-corrected chi connectivity index (χ1v) is 22.0. The minimum atomic E-state index is -2.43. The minimum Gasteiger partial charge on any atom is -0.459 e. The smallest absolute Gasteiger partial charge is 0.338 e. The van der Waals surface area contributed by atoms with Crippen molar-refractivity contribution in [2.45, 2.75) is 87.8 Å². The van der Waals surface area contributed by atoms with E-state index in [0.717, 1.165) is 0 Å². The van der Waals surface area contributed by atoms with Gasteiger partial charge in [-0.25, -0.2) is 4.79 Å². The van der Waals surface area contributed by atoms with Crippen molar-refractivity contribution in [2.24, 2.45) is 5.11 Å². The summed E-state index contributed by atoms with van der Waals surface area (Å²) in [6.07, 6.45) is -0.119. The average Bonchev–Trinajstić information content (AvgIpc) is 3.47. The SMILES string of the molecule is CC(C)(C)[Si](C)(C)O[C@H]1C[C@H](P(C)(C)=O)O[C@@H]1COC(=O)c1ccccc1.CP(C)(=O)[C@H]1C[C@@H](N=[N+]=[N-])[C@@H](CO)O1. The summed E-state index contributed by atoms with van der Waals surface area (Å²) < 4.78 is 47.7. The summed E-state index contributed by atoms with van der Waals surface area (Å²) >= 11 is 0. The predicted octanol–water partition coefficient (Wildman–Crippen LogP) is 6.37. The van der Waals surface area contributed by atoms with E-state index >= 15 is 0 Å². The fourth-order valence-corrected chi connectivity index (χ4v) is 7.89. The van der Waals surface area contributed by atoms with E-state index in [4.69, 9.17) is 29.3 Å². The van der Waals surface area contributed by atoms with Crippen LogP contribution < -0.4 is 0 Å². The first kappa shape index (κ1) is 35.7. The highest BCUT2D eigenvalue weighted by molar-refractivity contribution is 7.63.